The minimum absolute atomic E-state index is 0.0545. The number of aryl methyl sites for hydroxylation is 1. The molecular formula is C13H12ClN3O2. The van der Waals surface area contributed by atoms with Crippen molar-refractivity contribution in [2.45, 2.75) is 6.92 Å². The maximum atomic E-state index is 8.74. The van der Waals surface area contributed by atoms with Gasteiger partial charge in [0.25, 0.3) is 0 Å². The van der Waals surface area contributed by atoms with Gasteiger partial charge in [0.15, 0.2) is 11.6 Å². The van der Waals surface area contributed by atoms with Crippen molar-refractivity contribution in [3.63, 3.8) is 0 Å². The van der Waals surface area contributed by atoms with Crippen LogP contribution in [-0.4, -0.2) is 16.0 Å². The summed E-state index contributed by atoms with van der Waals surface area (Å²) in [6.07, 6.45) is 3.00. The van der Waals surface area contributed by atoms with Crippen molar-refractivity contribution in [2.24, 2.45) is 10.9 Å². The molecule has 0 aliphatic carbocycles. The van der Waals surface area contributed by atoms with Crippen LogP contribution in [0.25, 0.3) is 0 Å². The molecule has 0 aliphatic rings. The number of halogens is 1. The fourth-order valence-corrected chi connectivity index (χ4v) is 1.69. The van der Waals surface area contributed by atoms with Crippen molar-refractivity contribution in [1.82, 2.24) is 4.98 Å². The predicted octanol–water partition coefficient (Wildman–Crippen LogP) is 2.93. The third kappa shape index (κ3) is 2.95. The minimum atomic E-state index is -0.0545. The largest absolute Gasteiger partial charge is 0.453 e. The number of amidine groups is 1. The lowest BCUT2D eigenvalue weighted by atomic mass is 10.2. The molecule has 5 nitrogen and oxygen atoms in total. The summed E-state index contributed by atoms with van der Waals surface area (Å²) >= 11 is 6.06. The summed E-state index contributed by atoms with van der Waals surface area (Å²) in [5, 5.41) is 12.2. The van der Waals surface area contributed by atoms with E-state index in [9.17, 15) is 0 Å². The lowest BCUT2D eigenvalue weighted by molar-refractivity contribution is 0.318. The Morgan fingerprint density at radius 3 is 2.89 bits per heavy atom. The van der Waals surface area contributed by atoms with Gasteiger partial charge in [-0.1, -0.05) is 22.8 Å². The van der Waals surface area contributed by atoms with Crippen molar-refractivity contribution in [1.29, 1.82) is 0 Å². The number of pyridine rings is 1. The monoisotopic (exact) mass is 277 g/mol. The Bertz CT molecular complexity index is 629. The molecule has 0 spiro atoms. The molecule has 6 heteroatoms. The first-order valence-electron chi connectivity index (χ1n) is 5.47. The molecule has 2 rings (SSSR count). The van der Waals surface area contributed by atoms with Crippen LogP contribution in [-0.2, 0) is 0 Å². The number of nitrogens with two attached hydrogens (primary N) is 1. The van der Waals surface area contributed by atoms with Crippen molar-refractivity contribution < 1.29 is 9.94 Å². The zero-order chi connectivity index (χ0) is 13.8. The second-order valence-corrected chi connectivity index (χ2v) is 4.30. The second-order valence-electron chi connectivity index (χ2n) is 3.89. The number of nitrogens with zero attached hydrogens (tertiary/aromatic N) is 2. The van der Waals surface area contributed by atoms with Gasteiger partial charge in [0.2, 0.25) is 0 Å². The van der Waals surface area contributed by atoms with E-state index in [4.69, 9.17) is 27.3 Å². The fourth-order valence-electron chi connectivity index (χ4n) is 1.53. The molecule has 2 aromatic rings. The Balaban J connectivity index is 2.41. The molecule has 0 amide bonds. The molecule has 0 fully saturated rings. The topological polar surface area (TPSA) is 80.7 Å². The highest BCUT2D eigenvalue weighted by atomic mass is 35.5. The number of rotatable bonds is 3. The van der Waals surface area contributed by atoms with Crippen molar-refractivity contribution in [3.05, 3.63) is 52.8 Å². The van der Waals surface area contributed by atoms with E-state index in [0.29, 0.717) is 22.1 Å². The number of oxime groups is 1. The van der Waals surface area contributed by atoms with Gasteiger partial charge in [-0.15, -0.1) is 0 Å². The lowest BCUT2D eigenvalue weighted by Crippen LogP contribution is -2.14. The standard InChI is InChI=1S/C13H12ClN3O2/c1-8-2-3-10(14)11(6-8)19-12-7-16-5-4-9(12)13(15)17-18/h2-7,18H,1H3,(H2,15,17). The smallest absolute Gasteiger partial charge is 0.173 e. The van der Waals surface area contributed by atoms with Crippen LogP contribution in [0.3, 0.4) is 0 Å². The molecule has 1 heterocycles. The Morgan fingerprint density at radius 1 is 1.37 bits per heavy atom. The van der Waals surface area contributed by atoms with Gasteiger partial charge < -0.3 is 15.7 Å². The third-order valence-corrected chi connectivity index (χ3v) is 2.79. The SMILES string of the molecule is Cc1ccc(Cl)c(Oc2cnccc2/C(N)=N/O)c1. The average molecular weight is 278 g/mol. The summed E-state index contributed by atoms with van der Waals surface area (Å²) in [5.74, 6) is 0.799. The summed E-state index contributed by atoms with van der Waals surface area (Å²) in [5.41, 5.74) is 7.02. The molecule has 0 bridgehead atoms. The van der Waals surface area contributed by atoms with Gasteiger partial charge in [-0.25, -0.2) is 0 Å². The molecule has 98 valence electrons. The predicted molar refractivity (Wildman–Crippen MR) is 73.0 cm³/mol. The van der Waals surface area contributed by atoms with Gasteiger partial charge in [-0.3, -0.25) is 4.98 Å². The van der Waals surface area contributed by atoms with Crippen molar-refractivity contribution in [3.8, 4) is 11.5 Å². The summed E-state index contributed by atoms with van der Waals surface area (Å²) in [7, 11) is 0. The zero-order valence-electron chi connectivity index (χ0n) is 10.2. The highest BCUT2D eigenvalue weighted by molar-refractivity contribution is 6.32. The van der Waals surface area contributed by atoms with Crippen LogP contribution in [0.2, 0.25) is 5.02 Å². The normalized spacial score (nSPS) is 11.4. The Kier molecular flexibility index (Phi) is 3.87. The zero-order valence-corrected chi connectivity index (χ0v) is 10.9. The van der Waals surface area contributed by atoms with Gasteiger partial charge in [-0.05, 0) is 30.7 Å². The number of aromatic nitrogens is 1. The van der Waals surface area contributed by atoms with Crippen LogP contribution in [0.4, 0.5) is 0 Å². The lowest BCUT2D eigenvalue weighted by Gasteiger charge is -2.11. The molecule has 0 saturated carbocycles. The molecule has 19 heavy (non-hydrogen) atoms. The van der Waals surface area contributed by atoms with Crippen LogP contribution in [0.15, 0.2) is 41.8 Å². The van der Waals surface area contributed by atoms with Crippen LogP contribution in [0, 0.1) is 6.92 Å². The summed E-state index contributed by atoms with van der Waals surface area (Å²) in [6.45, 7) is 1.93. The Morgan fingerprint density at radius 2 is 2.16 bits per heavy atom. The van der Waals surface area contributed by atoms with E-state index in [1.807, 2.05) is 13.0 Å². The van der Waals surface area contributed by atoms with Crippen molar-refractivity contribution in [2.75, 3.05) is 0 Å². The number of hydrogen-bond acceptors (Lipinski definition) is 4. The minimum Gasteiger partial charge on any atom is -0.453 e. The van der Waals surface area contributed by atoms with Crippen LogP contribution in [0.5, 0.6) is 11.5 Å². The van der Waals surface area contributed by atoms with Gasteiger partial charge >= 0.3 is 0 Å². The maximum Gasteiger partial charge on any atom is 0.173 e. The molecular weight excluding hydrogens is 266 g/mol. The second kappa shape index (κ2) is 5.58. The van der Waals surface area contributed by atoms with Crippen LogP contribution in [0.1, 0.15) is 11.1 Å². The first-order chi connectivity index (χ1) is 9.11. The maximum absolute atomic E-state index is 8.74. The fraction of sp³-hybridized carbons (Fsp3) is 0.0769. The van der Waals surface area contributed by atoms with Gasteiger partial charge in [-0.2, -0.15) is 0 Å². The van der Waals surface area contributed by atoms with Gasteiger partial charge in [0.1, 0.15) is 5.75 Å². The van der Waals surface area contributed by atoms with E-state index < -0.39 is 0 Å². The van der Waals surface area contributed by atoms with E-state index in [-0.39, 0.29) is 5.84 Å². The number of benzene rings is 1. The Labute approximate surface area is 115 Å². The molecule has 0 radical (unpaired) electrons. The van der Waals surface area contributed by atoms with E-state index >= 15 is 0 Å². The van der Waals surface area contributed by atoms with E-state index in [0.717, 1.165) is 5.56 Å². The molecule has 0 aliphatic heterocycles. The quantitative estimate of drug-likeness (QED) is 0.391. The van der Waals surface area contributed by atoms with Crippen molar-refractivity contribution >= 4 is 17.4 Å². The molecule has 0 saturated heterocycles. The molecule has 0 atom stereocenters. The summed E-state index contributed by atoms with van der Waals surface area (Å²) in [4.78, 5) is 3.95. The first-order valence-corrected chi connectivity index (χ1v) is 5.85. The van der Waals surface area contributed by atoms with Crippen LogP contribution >= 0.6 is 11.6 Å². The first kappa shape index (κ1) is 13.2. The summed E-state index contributed by atoms with van der Waals surface area (Å²) < 4.78 is 5.68. The van der Waals surface area contributed by atoms with Gasteiger partial charge in [0.05, 0.1) is 16.8 Å². The number of hydrogen-bond donors (Lipinski definition) is 2. The van der Waals surface area contributed by atoms with E-state index in [1.165, 1.54) is 12.4 Å². The molecule has 1 aromatic heterocycles. The molecule has 0 unspecified atom stereocenters. The summed E-state index contributed by atoms with van der Waals surface area (Å²) in [6, 6.07) is 7.01. The third-order valence-electron chi connectivity index (χ3n) is 2.47. The molecule has 1 aromatic carbocycles. The van der Waals surface area contributed by atoms with E-state index in [1.54, 1.807) is 18.2 Å². The Hall–Kier alpha value is -2.27. The number of ether oxygens (including phenoxy) is 1. The molecule has 3 N–H and O–H groups in total. The highest BCUT2D eigenvalue weighted by Gasteiger charge is 2.11. The highest BCUT2D eigenvalue weighted by Crippen LogP contribution is 2.31. The average Bonchev–Trinajstić information content (AvgIpc) is 2.42. The van der Waals surface area contributed by atoms with Gasteiger partial charge in [0, 0.05) is 6.20 Å². The van der Waals surface area contributed by atoms with E-state index in [2.05, 4.69) is 10.1 Å². The van der Waals surface area contributed by atoms with Crippen LogP contribution < -0.4 is 10.5 Å².